The molecule has 6 nitrogen and oxygen atoms in total. The SMILES string of the molecule is CCCCC(CN)NC(=O)c1nn(-c2ccccc2)cc1O. The molecule has 1 atom stereocenters. The molecule has 0 saturated heterocycles. The van der Waals surface area contributed by atoms with Crippen molar-refractivity contribution in [2.24, 2.45) is 5.73 Å². The molecule has 1 heterocycles. The number of aromatic hydroxyl groups is 1. The van der Waals surface area contributed by atoms with Gasteiger partial charge in [-0.3, -0.25) is 4.79 Å². The summed E-state index contributed by atoms with van der Waals surface area (Å²) in [4.78, 5) is 12.2. The Morgan fingerprint density at radius 2 is 2.14 bits per heavy atom. The van der Waals surface area contributed by atoms with Crippen LogP contribution in [0.25, 0.3) is 5.69 Å². The number of hydrogen-bond donors (Lipinski definition) is 3. The van der Waals surface area contributed by atoms with Crippen LogP contribution in [0.4, 0.5) is 0 Å². The molecule has 0 aliphatic carbocycles. The summed E-state index contributed by atoms with van der Waals surface area (Å²) in [6.07, 6.45) is 4.28. The summed E-state index contributed by atoms with van der Waals surface area (Å²) in [7, 11) is 0. The number of carbonyl (C=O) groups is 1. The number of para-hydroxylation sites is 1. The van der Waals surface area contributed by atoms with E-state index in [1.165, 1.54) is 10.9 Å². The first-order valence-corrected chi connectivity index (χ1v) is 7.50. The Bertz CT molecular complexity index is 610. The van der Waals surface area contributed by atoms with Crippen LogP contribution >= 0.6 is 0 Å². The molecule has 0 bridgehead atoms. The predicted octanol–water partition coefficient (Wildman–Crippen LogP) is 1.83. The Kier molecular flexibility index (Phi) is 5.55. The molecule has 1 aromatic carbocycles. The van der Waals surface area contributed by atoms with Crippen molar-refractivity contribution in [3.05, 3.63) is 42.2 Å². The predicted molar refractivity (Wildman–Crippen MR) is 85.1 cm³/mol. The Labute approximate surface area is 129 Å². The van der Waals surface area contributed by atoms with E-state index in [-0.39, 0.29) is 17.5 Å². The smallest absolute Gasteiger partial charge is 0.275 e. The van der Waals surface area contributed by atoms with Crippen LogP contribution in [0.1, 0.15) is 36.7 Å². The van der Waals surface area contributed by atoms with E-state index in [2.05, 4.69) is 17.3 Å². The van der Waals surface area contributed by atoms with Crippen LogP contribution in [0.5, 0.6) is 5.75 Å². The molecular formula is C16H22N4O2. The van der Waals surface area contributed by atoms with Gasteiger partial charge in [0.1, 0.15) is 0 Å². The maximum Gasteiger partial charge on any atom is 0.275 e. The van der Waals surface area contributed by atoms with Crippen molar-refractivity contribution in [1.82, 2.24) is 15.1 Å². The molecule has 0 spiro atoms. The first-order valence-electron chi connectivity index (χ1n) is 7.50. The standard InChI is InChI=1S/C16H22N4O2/c1-2-3-7-12(10-17)18-16(22)15-14(21)11-20(19-15)13-8-5-4-6-9-13/h4-6,8-9,11-12,21H,2-3,7,10,17H2,1H3,(H,18,22). The monoisotopic (exact) mass is 302 g/mol. The largest absolute Gasteiger partial charge is 0.504 e. The van der Waals surface area contributed by atoms with Crippen molar-refractivity contribution in [3.63, 3.8) is 0 Å². The number of rotatable bonds is 7. The number of unbranched alkanes of at least 4 members (excludes halogenated alkanes) is 1. The van der Waals surface area contributed by atoms with Crippen LogP contribution < -0.4 is 11.1 Å². The van der Waals surface area contributed by atoms with Gasteiger partial charge in [-0.25, -0.2) is 4.68 Å². The van der Waals surface area contributed by atoms with Gasteiger partial charge < -0.3 is 16.2 Å². The van der Waals surface area contributed by atoms with Crippen molar-refractivity contribution in [1.29, 1.82) is 0 Å². The fourth-order valence-electron chi connectivity index (χ4n) is 2.19. The number of nitrogens with zero attached hydrogens (tertiary/aromatic N) is 2. The zero-order valence-electron chi connectivity index (χ0n) is 12.7. The zero-order valence-corrected chi connectivity index (χ0v) is 12.7. The summed E-state index contributed by atoms with van der Waals surface area (Å²) in [6, 6.07) is 9.20. The van der Waals surface area contributed by atoms with Gasteiger partial charge in [0.05, 0.1) is 11.9 Å². The molecule has 0 aliphatic heterocycles. The Morgan fingerprint density at radius 3 is 2.77 bits per heavy atom. The van der Waals surface area contributed by atoms with Gasteiger partial charge in [0.15, 0.2) is 11.4 Å². The maximum atomic E-state index is 12.2. The third kappa shape index (κ3) is 3.85. The van der Waals surface area contributed by atoms with Gasteiger partial charge >= 0.3 is 0 Å². The quantitative estimate of drug-likeness (QED) is 0.727. The third-order valence-electron chi connectivity index (χ3n) is 3.46. The van der Waals surface area contributed by atoms with E-state index < -0.39 is 5.91 Å². The van der Waals surface area contributed by atoms with E-state index in [9.17, 15) is 9.90 Å². The summed E-state index contributed by atoms with van der Waals surface area (Å²) in [5.41, 5.74) is 6.46. The highest BCUT2D eigenvalue weighted by molar-refractivity contribution is 5.95. The maximum absolute atomic E-state index is 12.2. The Hall–Kier alpha value is -2.34. The minimum absolute atomic E-state index is 0.0128. The molecule has 1 unspecified atom stereocenters. The van der Waals surface area contributed by atoms with Crippen molar-refractivity contribution >= 4 is 5.91 Å². The topological polar surface area (TPSA) is 93.2 Å². The molecular weight excluding hydrogens is 280 g/mol. The van der Waals surface area contributed by atoms with Crippen LogP contribution in [0.3, 0.4) is 0 Å². The molecule has 0 saturated carbocycles. The summed E-state index contributed by atoms with van der Waals surface area (Å²) < 4.78 is 1.48. The normalized spacial score (nSPS) is 12.1. The van der Waals surface area contributed by atoms with Crippen LogP contribution in [0.2, 0.25) is 0 Å². The highest BCUT2D eigenvalue weighted by Crippen LogP contribution is 2.18. The molecule has 22 heavy (non-hydrogen) atoms. The second-order valence-electron chi connectivity index (χ2n) is 5.19. The number of aromatic nitrogens is 2. The van der Waals surface area contributed by atoms with Crippen molar-refractivity contribution in [2.75, 3.05) is 6.54 Å². The van der Waals surface area contributed by atoms with E-state index in [1.807, 2.05) is 30.3 Å². The van der Waals surface area contributed by atoms with Gasteiger partial charge in [-0.15, -0.1) is 0 Å². The minimum Gasteiger partial charge on any atom is -0.504 e. The molecule has 1 aromatic heterocycles. The van der Waals surface area contributed by atoms with E-state index >= 15 is 0 Å². The average molecular weight is 302 g/mol. The second-order valence-corrected chi connectivity index (χ2v) is 5.19. The average Bonchev–Trinajstić information content (AvgIpc) is 2.94. The molecule has 2 rings (SSSR count). The van der Waals surface area contributed by atoms with Gasteiger partial charge in [0.25, 0.3) is 5.91 Å². The van der Waals surface area contributed by atoms with Gasteiger partial charge in [0, 0.05) is 12.6 Å². The van der Waals surface area contributed by atoms with E-state index in [0.717, 1.165) is 24.9 Å². The van der Waals surface area contributed by atoms with E-state index in [0.29, 0.717) is 6.54 Å². The number of carbonyl (C=O) groups excluding carboxylic acids is 1. The van der Waals surface area contributed by atoms with E-state index in [4.69, 9.17) is 5.73 Å². The van der Waals surface area contributed by atoms with Gasteiger partial charge in [-0.2, -0.15) is 5.10 Å². The lowest BCUT2D eigenvalue weighted by Gasteiger charge is -2.15. The zero-order chi connectivity index (χ0) is 15.9. The van der Waals surface area contributed by atoms with Crippen LogP contribution in [-0.4, -0.2) is 33.4 Å². The minimum atomic E-state index is -0.404. The van der Waals surface area contributed by atoms with Crippen molar-refractivity contribution in [3.8, 4) is 11.4 Å². The number of hydrogen-bond acceptors (Lipinski definition) is 4. The molecule has 118 valence electrons. The van der Waals surface area contributed by atoms with Crippen LogP contribution in [0, 0.1) is 0 Å². The first kappa shape index (κ1) is 16.0. The number of nitrogens with one attached hydrogen (secondary N) is 1. The fourth-order valence-corrected chi connectivity index (χ4v) is 2.19. The summed E-state index contributed by atoms with van der Waals surface area (Å²) in [6.45, 7) is 2.45. The van der Waals surface area contributed by atoms with Crippen LogP contribution in [-0.2, 0) is 0 Å². The second kappa shape index (κ2) is 7.61. The lowest BCUT2D eigenvalue weighted by molar-refractivity contribution is 0.0927. The molecule has 6 heteroatoms. The Balaban J connectivity index is 2.12. The van der Waals surface area contributed by atoms with Gasteiger partial charge in [-0.05, 0) is 18.6 Å². The van der Waals surface area contributed by atoms with Crippen LogP contribution in [0.15, 0.2) is 36.5 Å². The first-order chi connectivity index (χ1) is 10.7. The molecule has 2 aromatic rings. The molecule has 0 aliphatic rings. The summed E-state index contributed by atoms with van der Waals surface area (Å²) in [5.74, 6) is -0.550. The highest BCUT2D eigenvalue weighted by atomic mass is 16.3. The van der Waals surface area contributed by atoms with Crippen molar-refractivity contribution < 1.29 is 9.90 Å². The molecule has 0 fully saturated rings. The van der Waals surface area contributed by atoms with Gasteiger partial charge in [0.2, 0.25) is 0 Å². The highest BCUT2D eigenvalue weighted by Gasteiger charge is 2.19. The number of nitrogens with two attached hydrogens (primary N) is 1. The summed E-state index contributed by atoms with van der Waals surface area (Å²) in [5, 5.41) is 16.9. The summed E-state index contributed by atoms with van der Waals surface area (Å²) >= 11 is 0. The molecule has 4 N–H and O–H groups in total. The lowest BCUT2D eigenvalue weighted by atomic mass is 10.1. The third-order valence-corrected chi connectivity index (χ3v) is 3.46. The Morgan fingerprint density at radius 1 is 1.41 bits per heavy atom. The van der Waals surface area contributed by atoms with E-state index in [1.54, 1.807) is 0 Å². The van der Waals surface area contributed by atoms with Gasteiger partial charge in [-0.1, -0.05) is 38.0 Å². The fraction of sp³-hybridized carbons (Fsp3) is 0.375. The molecule has 1 amide bonds. The van der Waals surface area contributed by atoms with Crippen molar-refractivity contribution in [2.45, 2.75) is 32.2 Å². The lowest BCUT2D eigenvalue weighted by Crippen LogP contribution is -2.40. The molecule has 0 radical (unpaired) electrons. The number of benzene rings is 1. The number of amides is 1.